The molecule has 1 aromatic heterocycles. The third-order valence-corrected chi connectivity index (χ3v) is 1.87. The van der Waals surface area contributed by atoms with Crippen LogP contribution in [0.15, 0.2) is 35.6 Å². The van der Waals surface area contributed by atoms with Gasteiger partial charge in [0.05, 0.1) is 0 Å². The molecular formula is C10H10N2. The van der Waals surface area contributed by atoms with E-state index in [9.17, 15) is 0 Å². The van der Waals surface area contributed by atoms with E-state index in [1.165, 1.54) is 11.1 Å². The molecule has 60 valence electrons. The van der Waals surface area contributed by atoms with Crippen LogP contribution in [0.2, 0.25) is 0 Å². The Balaban J connectivity index is 2.31. The van der Waals surface area contributed by atoms with Crippen LogP contribution in [0, 0.1) is 0 Å². The molecule has 12 heavy (non-hydrogen) atoms. The molecule has 0 bridgehead atoms. The minimum absolute atomic E-state index is 0.925. The van der Waals surface area contributed by atoms with Gasteiger partial charge in [-0.15, -0.1) is 0 Å². The van der Waals surface area contributed by atoms with Gasteiger partial charge >= 0.3 is 0 Å². The number of rotatable bonds is 1. The average Bonchev–Trinajstić information content (AvgIpc) is 2.21. The molecule has 2 heterocycles. The van der Waals surface area contributed by atoms with Crippen molar-refractivity contribution in [3.05, 3.63) is 36.2 Å². The van der Waals surface area contributed by atoms with Gasteiger partial charge in [0.1, 0.15) is 0 Å². The van der Waals surface area contributed by atoms with E-state index in [1.54, 1.807) is 12.4 Å². The molecule has 0 fully saturated rings. The number of pyridine rings is 1. The number of allylic oxidation sites excluding steroid dienone is 1. The van der Waals surface area contributed by atoms with Gasteiger partial charge in [0, 0.05) is 25.2 Å². The summed E-state index contributed by atoms with van der Waals surface area (Å²) < 4.78 is 0. The Kier molecular flexibility index (Phi) is 1.99. The second kappa shape index (κ2) is 3.30. The summed E-state index contributed by atoms with van der Waals surface area (Å²) in [5, 5.41) is 0. The number of nitrogens with zero attached hydrogens (tertiary/aromatic N) is 2. The van der Waals surface area contributed by atoms with Crippen LogP contribution in [0.1, 0.15) is 12.0 Å². The fraction of sp³-hybridized carbons (Fsp3) is 0.200. The van der Waals surface area contributed by atoms with E-state index >= 15 is 0 Å². The summed E-state index contributed by atoms with van der Waals surface area (Å²) in [7, 11) is 0. The van der Waals surface area contributed by atoms with E-state index in [4.69, 9.17) is 0 Å². The van der Waals surface area contributed by atoms with Crippen molar-refractivity contribution in [2.24, 2.45) is 4.99 Å². The summed E-state index contributed by atoms with van der Waals surface area (Å²) >= 11 is 0. The molecule has 0 aromatic carbocycles. The standard InChI is InChI=1S/C10H10N2/c1-2-10(8-12-5-1)9-3-6-11-7-4-9/h2-4,6-8H,1,5H2. The molecular weight excluding hydrogens is 148 g/mol. The van der Waals surface area contributed by atoms with Crippen LogP contribution in [0.4, 0.5) is 0 Å². The molecule has 0 aliphatic carbocycles. The number of aliphatic imine (C=N–C) groups is 1. The summed E-state index contributed by atoms with van der Waals surface area (Å²) in [6.45, 7) is 0.925. The molecule has 0 N–H and O–H groups in total. The third kappa shape index (κ3) is 1.42. The summed E-state index contributed by atoms with van der Waals surface area (Å²) in [6, 6.07) is 4.01. The first-order chi connectivity index (χ1) is 5.97. The van der Waals surface area contributed by atoms with Crippen LogP contribution in [-0.2, 0) is 0 Å². The van der Waals surface area contributed by atoms with Gasteiger partial charge in [0.25, 0.3) is 0 Å². The highest BCUT2D eigenvalue weighted by Gasteiger charge is 1.99. The average molecular weight is 158 g/mol. The number of hydrogen-bond acceptors (Lipinski definition) is 2. The van der Waals surface area contributed by atoms with Crippen LogP contribution >= 0.6 is 0 Å². The second-order valence-corrected chi connectivity index (χ2v) is 2.72. The van der Waals surface area contributed by atoms with Gasteiger partial charge in [-0.05, 0) is 29.7 Å². The van der Waals surface area contributed by atoms with Gasteiger partial charge in [0.15, 0.2) is 0 Å². The molecule has 1 aliphatic heterocycles. The first-order valence-corrected chi connectivity index (χ1v) is 4.07. The van der Waals surface area contributed by atoms with Gasteiger partial charge in [0.2, 0.25) is 0 Å². The summed E-state index contributed by atoms with van der Waals surface area (Å²) in [6.07, 6.45) is 8.80. The fourth-order valence-corrected chi connectivity index (χ4v) is 1.25. The minimum Gasteiger partial charge on any atom is -0.292 e. The monoisotopic (exact) mass is 158 g/mol. The van der Waals surface area contributed by atoms with Crippen molar-refractivity contribution in [1.29, 1.82) is 0 Å². The zero-order valence-electron chi connectivity index (χ0n) is 6.77. The lowest BCUT2D eigenvalue weighted by molar-refractivity contribution is 1.00. The molecule has 2 heteroatoms. The summed E-state index contributed by atoms with van der Waals surface area (Å²) in [5.74, 6) is 0. The number of hydrogen-bond donors (Lipinski definition) is 0. The first kappa shape index (κ1) is 7.22. The first-order valence-electron chi connectivity index (χ1n) is 4.07. The molecule has 0 atom stereocenters. The molecule has 2 nitrogen and oxygen atoms in total. The van der Waals surface area contributed by atoms with Crippen molar-refractivity contribution in [3.63, 3.8) is 0 Å². The Hall–Kier alpha value is -1.44. The summed E-state index contributed by atoms with van der Waals surface area (Å²) in [5.41, 5.74) is 2.41. The molecule has 1 aromatic rings. The largest absolute Gasteiger partial charge is 0.292 e. The van der Waals surface area contributed by atoms with E-state index in [-0.39, 0.29) is 0 Å². The molecule has 1 aliphatic rings. The van der Waals surface area contributed by atoms with Gasteiger partial charge in [-0.25, -0.2) is 0 Å². The van der Waals surface area contributed by atoms with Crippen LogP contribution < -0.4 is 0 Å². The van der Waals surface area contributed by atoms with E-state index < -0.39 is 0 Å². The Bertz CT molecular complexity index is 312. The Morgan fingerprint density at radius 3 is 2.67 bits per heavy atom. The zero-order chi connectivity index (χ0) is 8.23. The van der Waals surface area contributed by atoms with E-state index in [2.05, 4.69) is 16.1 Å². The Labute approximate surface area is 71.7 Å². The molecule has 0 unspecified atom stereocenters. The lowest BCUT2D eigenvalue weighted by atomic mass is 10.1. The summed E-state index contributed by atoms with van der Waals surface area (Å²) in [4.78, 5) is 8.19. The lowest BCUT2D eigenvalue weighted by Gasteiger charge is -2.05. The van der Waals surface area contributed by atoms with Crippen LogP contribution in [0.3, 0.4) is 0 Å². The number of aromatic nitrogens is 1. The maximum Gasteiger partial charge on any atom is 0.0424 e. The molecule has 0 spiro atoms. The highest BCUT2D eigenvalue weighted by atomic mass is 14.7. The normalized spacial score (nSPS) is 15.8. The van der Waals surface area contributed by atoms with Crippen molar-refractivity contribution >= 4 is 11.8 Å². The predicted octanol–water partition coefficient (Wildman–Crippen LogP) is 1.94. The van der Waals surface area contributed by atoms with Crippen LogP contribution in [-0.4, -0.2) is 17.7 Å². The molecule has 2 rings (SSSR count). The second-order valence-electron chi connectivity index (χ2n) is 2.72. The maximum atomic E-state index is 4.22. The van der Waals surface area contributed by atoms with Crippen LogP contribution in [0.25, 0.3) is 5.57 Å². The highest BCUT2D eigenvalue weighted by Crippen LogP contribution is 2.14. The van der Waals surface area contributed by atoms with Crippen molar-refractivity contribution in [2.75, 3.05) is 6.54 Å². The van der Waals surface area contributed by atoms with Gasteiger partial charge in [-0.3, -0.25) is 9.98 Å². The Morgan fingerprint density at radius 1 is 1.17 bits per heavy atom. The van der Waals surface area contributed by atoms with Crippen molar-refractivity contribution in [1.82, 2.24) is 4.98 Å². The SMILES string of the molecule is C1=NCCC=C1c1ccncc1. The van der Waals surface area contributed by atoms with Gasteiger partial charge in [-0.2, -0.15) is 0 Å². The molecule has 0 radical (unpaired) electrons. The lowest BCUT2D eigenvalue weighted by Crippen LogP contribution is -1.93. The van der Waals surface area contributed by atoms with E-state index in [0.29, 0.717) is 0 Å². The quantitative estimate of drug-likeness (QED) is 0.613. The molecule has 0 saturated heterocycles. The highest BCUT2D eigenvalue weighted by molar-refractivity contribution is 6.10. The van der Waals surface area contributed by atoms with Crippen molar-refractivity contribution in [3.8, 4) is 0 Å². The van der Waals surface area contributed by atoms with Gasteiger partial charge < -0.3 is 0 Å². The smallest absolute Gasteiger partial charge is 0.0424 e. The van der Waals surface area contributed by atoms with E-state index in [1.807, 2.05) is 18.3 Å². The fourth-order valence-electron chi connectivity index (χ4n) is 1.25. The van der Waals surface area contributed by atoms with Gasteiger partial charge in [-0.1, -0.05) is 6.08 Å². The molecule has 0 amide bonds. The van der Waals surface area contributed by atoms with Crippen molar-refractivity contribution < 1.29 is 0 Å². The maximum absolute atomic E-state index is 4.22. The Morgan fingerprint density at radius 2 is 2.00 bits per heavy atom. The third-order valence-electron chi connectivity index (χ3n) is 1.87. The van der Waals surface area contributed by atoms with Crippen LogP contribution in [0.5, 0.6) is 0 Å². The minimum atomic E-state index is 0.925. The van der Waals surface area contributed by atoms with E-state index in [0.717, 1.165) is 13.0 Å². The predicted molar refractivity (Wildman–Crippen MR) is 50.2 cm³/mol. The number of dihydropyridines is 1. The van der Waals surface area contributed by atoms with Crippen molar-refractivity contribution in [2.45, 2.75) is 6.42 Å². The molecule has 0 saturated carbocycles. The zero-order valence-corrected chi connectivity index (χ0v) is 6.77. The topological polar surface area (TPSA) is 25.2 Å².